The van der Waals surface area contributed by atoms with Crippen molar-refractivity contribution in [1.29, 1.82) is 0 Å². The molecule has 0 radical (unpaired) electrons. The predicted octanol–water partition coefficient (Wildman–Crippen LogP) is 3.63. The fraction of sp³-hybridized carbons (Fsp3) is 0.150. The van der Waals surface area contributed by atoms with Gasteiger partial charge in [-0.15, -0.1) is 15.4 Å². The van der Waals surface area contributed by atoms with Crippen LogP contribution in [0.2, 0.25) is 0 Å². The Bertz CT molecular complexity index is 1210. The minimum absolute atomic E-state index is 0.0491. The number of nitrogens with one attached hydrogen (secondary N) is 1. The molecule has 154 valence electrons. The third-order valence-electron chi connectivity index (χ3n) is 4.16. The first-order valence-electron chi connectivity index (χ1n) is 8.79. The van der Waals surface area contributed by atoms with E-state index in [4.69, 9.17) is 0 Å². The Kier molecular flexibility index (Phi) is 5.17. The van der Waals surface area contributed by atoms with Gasteiger partial charge < -0.3 is 14.8 Å². The Hall–Kier alpha value is -3.40. The van der Waals surface area contributed by atoms with Crippen LogP contribution in [0.1, 0.15) is 0 Å². The molecule has 4 rings (SSSR count). The molecule has 30 heavy (non-hydrogen) atoms. The van der Waals surface area contributed by atoms with Crippen molar-refractivity contribution in [3.8, 4) is 11.5 Å². The van der Waals surface area contributed by atoms with Crippen molar-refractivity contribution < 1.29 is 23.0 Å². The Morgan fingerprint density at radius 2 is 2.00 bits per heavy atom. The lowest BCUT2D eigenvalue weighted by molar-refractivity contribution is -0.286. The fourth-order valence-corrected chi connectivity index (χ4v) is 3.71. The van der Waals surface area contributed by atoms with Gasteiger partial charge in [-0.3, -0.25) is 14.2 Å². The molecule has 7 nitrogen and oxygen atoms in total. The monoisotopic (exact) mass is 431 g/mol. The highest BCUT2D eigenvalue weighted by Gasteiger charge is 2.43. The number of allylic oxidation sites excluding steroid dienone is 1. The van der Waals surface area contributed by atoms with Gasteiger partial charge in [-0.2, -0.15) is 0 Å². The molecule has 0 spiro atoms. The molecule has 0 atom stereocenters. The molecule has 1 N–H and O–H groups in total. The van der Waals surface area contributed by atoms with Crippen molar-refractivity contribution in [2.75, 3.05) is 11.1 Å². The summed E-state index contributed by atoms with van der Waals surface area (Å²) in [6.45, 7) is 3.90. The first-order valence-corrected chi connectivity index (χ1v) is 9.78. The first kappa shape index (κ1) is 19.9. The summed E-state index contributed by atoms with van der Waals surface area (Å²) < 4.78 is 36.3. The number of hydrogen-bond acceptors (Lipinski definition) is 6. The molecule has 1 aliphatic heterocycles. The van der Waals surface area contributed by atoms with Crippen LogP contribution < -0.4 is 20.3 Å². The molecule has 1 aromatic heterocycles. The van der Waals surface area contributed by atoms with E-state index in [9.17, 15) is 18.4 Å². The predicted molar refractivity (Wildman–Crippen MR) is 108 cm³/mol. The molecule has 0 saturated carbocycles. The van der Waals surface area contributed by atoms with Gasteiger partial charge in [-0.1, -0.05) is 30.0 Å². The summed E-state index contributed by atoms with van der Waals surface area (Å²) in [4.78, 5) is 29.5. The molecular formula is C20H15F2N3O4S. The van der Waals surface area contributed by atoms with E-state index in [0.29, 0.717) is 16.1 Å². The average molecular weight is 431 g/mol. The van der Waals surface area contributed by atoms with E-state index in [1.54, 1.807) is 30.3 Å². The molecule has 1 aliphatic rings. The standard InChI is InChI=1S/C20H15F2N3O4S/c1-2-9-25-18(27)13-5-3-4-6-14(13)24-19(25)30-11-17(26)23-12-7-8-15-16(10-12)29-20(21,22)28-15/h2-8,10H,1,9,11H2,(H,23,26). The molecule has 10 heteroatoms. The van der Waals surface area contributed by atoms with Crippen LogP contribution in [0, 0.1) is 0 Å². The molecule has 0 aliphatic carbocycles. The number of thioether (sulfide) groups is 1. The van der Waals surface area contributed by atoms with Gasteiger partial charge in [0.05, 0.1) is 16.7 Å². The van der Waals surface area contributed by atoms with Crippen LogP contribution in [0.25, 0.3) is 10.9 Å². The van der Waals surface area contributed by atoms with Crippen LogP contribution in [0.15, 0.2) is 65.1 Å². The number of fused-ring (bicyclic) bond motifs is 2. The Morgan fingerprint density at radius 1 is 1.23 bits per heavy atom. The van der Waals surface area contributed by atoms with Gasteiger partial charge in [-0.25, -0.2) is 4.98 Å². The Balaban J connectivity index is 1.49. The van der Waals surface area contributed by atoms with Crippen molar-refractivity contribution in [1.82, 2.24) is 9.55 Å². The summed E-state index contributed by atoms with van der Waals surface area (Å²) in [5.74, 6) is -0.729. The van der Waals surface area contributed by atoms with E-state index >= 15 is 0 Å². The van der Waals surface area contributed by atoms with Crippen molar-refractivity contribution in [2.45, 2.75) is 18.0 Å². The minimum atomic E-state index is -3.72. The van der Waals surface area contributed by atoms with E-state index < -0.39 is 12.2 Å². The Labute approximate surface area is 173 Å². The lowest BCUT2D eigenvalue weighted by Gasteiger charge is -2.11. The molecule has 2 heterocycles. The maximum absolute atomic E-state index is 13.1. The number of halogens is 2. The number of ether oxygens (including phenoxy) is 2. The van der Waals surface area contributed by atoms with E-state index in [0.717, 1.165) is 11.8 Å². The lowest BCUT2D eigenvalue weighted by atomic mass is 10.2. The number of alkyl halides is 2. The van der Waals surface area contributed by atoms with Crippen LogP contribution in [0.4, 0.5) is 14.5 Å². The maximum Gasteiger partial charge on any atom is 0.586 e. The minimum Gasteiger partial charge on any atom is -0.395 e. The number of benzene rings is 2. The highest BCUT2D eigenvalue weighted by atomic mass is 32.2. The number of amides is 1. The number of rotatable bonds is 6. The summed E-state index contributed by atoms with van der Waals surface area (Å²) >= 11 is 1.08. The van der Waals surface area contributed by atoms with Gasteiger partial charge in [0.1, 0.15) is 0 Å². The summed E-state index contributed by atoms with van der Waals surface area (Å²) in [5.41, 5.74) is 0.582. The van der Waals surface area contributed by atoms with Crippen LogP contribution >= 0.6 is 11.8 Å². The smallest absolute Gasteiger partial charge is 0.395 e. The van der Waals surface area contributed by atoms with Crippen molar-refractivity contribution >= 4 is 34.3 Å². The number of aromatic nitrogens is 2. The number of carbonyl (C=O) groups excluding carboxylic acids is 1. The Morgan fingerprint density at radius 3 is 2.80 bits per heavy atom. The molecule has 1 amide bonds. The zero-order valence-electron chi connectivity index (χ0n) is 15.4. The maximum atomic E-state index is 13.1. The van der Waals surface area contributed by atoms with Crippen molar-refractivity contribution in [2.24, 2.45) is 0 Å². The van der Waals surface area contributed by atoms with Gasteiger partial charge in [0.2, 0.25) is 5.91 Å². The van der Waals surface area contributed by atoms with Crippen LogP contribution in [0.3, 0.4) is 0 Å². The molecule has 2 aromatic carbocycles. The average Bonchev–Trinajstić information content (AvgIpc) is 3.02. The SMILES string of the molecule is C=CCn1c(SCC(=O)Nc2ccc3c(c2)OC(F)(F)O3)nc2ccccc2c1=O. The number of carbonyl (C=O) groups is 1. The third kappa shape index (κ3) is 3.99. The third-order valence-corrected chi connectivity index (χ3v) is 5.13. The summed E-state index contributed by atoms with van der Waals surface area (Å²) in [6.07, 6.45) is -2.15. The number of nitrogens with zero attached hydrogens (tertiary/aromatic N) is 2. The molecular weight excluding hydrogens is 416 g/mol. The van der Waals surface area contributed by atoms with Crippen LogP contribution in [-0.4, -0.2) is 27.5 Å². The largest absolute Gasteiger partial charge is 0.586 e. The van der Waals surface area contributed by atoms with Crippen LogP contribution in [-0.2, 0) is 11.3 Å². The van der Waals surface area contributed by atoms with Gasteiger partial charge >= 0.3 is 6.29 Å². The fourth-order valence-electron chi connectivity index (χ4n) is 2.90. The zero-order chi connectivity index (χ0) is 21.3. The molecule has 3 aromatic rings. The highest BCUT2D eigenvalue weighted by Crippen LogP contribution is 2.42. The van der Waals surface area contributed by atoms with Gasteiger partial charge in [0.15, 0.2) is 16.7 Å². The summed E-state index contributed by atoms with van der Waals surface area (Å²) in [5, 5.41) is 3.45. The van der Waals surface area contributed by atoms with Gasteiger partial charge in [0, 0.05) is 18.3 Å². The van der Waals surface area contributed by atoms with E-state index in [1.807, 2.05) is 0 Å². The summed E-state index contributed by atoms with van der Waals surface area (Å²) in [7, 11) is 0. The lowest BCUT2D eigenvalue weighted by Crippen LogP contribution is -2.25. The van der Waals surface area contributed by atoms with Crippen molar-refractivity contribution in [3.05, 3.63) is 65.5 Å². The number of hydrogen-bond donors (Lipinski definition) is 1. The number of anilines is 1. The second kappa shape index (κ2) is 7.79. The molecule has 0 saturated heterocycles. The van der Waals surface area contributed by atoms with E-state index in [-0.39, 0.29) is 35.0 Å². The molecule has 0 unspecified atom stereocenters. The van der Waals surface area contributed by atoms with Gasteiger partial charge in [0.25, 0.3) is 5.56 Å². The second-order valence-corrected chi connectivity index (χ2v) is 7.22. The highest BCUT2D eigenvalue weighted by molar-refractivity contribution is 7.99. The first-order chi connectivity index (χ1) is 14.4. The topological polar surface area (TPSA) is 82.5 Å². The quantitative estimate of drug-likeness (QED) is 0.365. The molecule has 0 fully saturated rings. The second-order valence-electron chi connectivity index (χ2n) is 6.28. The van der Waals surface area contributed by atoms with E-state index in [1.165, 1.54) is 22.8 Å². The van der Waals surface area contributed by atoms with Crippen LogP contribution in [0.5, 0.6) is 11.5 Å². The summed E-state index contributed by atoms with van der Waals surface area (Å²) in [6, 6.07) is 10.9. The van der Waals surface area contributed by atoms with Gasteiger partial charge in [-0.05, 0) is 24.3 Å². The molecule has 0 bridgehead atoms. The van der Waals surface area contributed by atoms with Crippen molar-refractivity contribution in [3.63, 3.8) is 0 Å². The normalized spacial score (nSPS) is 13.9. The van der Waals surface area contributed by atoms with E-state index in [2.05, 4.69) is 26.4 Å². The zero-order valence-corrected chi connectivity index (χ0v) is 16.2. The number of para-hydroxylation sites is 1.